The van der Waals surface area contributed by atoms with Crippen LogP contribution in [-0.4, -0.2) is 44.0 Å². The SMILES string of the molecule is COc1ccc(CNC(=O)CC2CCN(C(=O)c3ccc(C)cc3)CC2)cc1OC. The van der Waals surface area contributed by atoms with Gasteiger partial charge in [0.15, 0.2) is 11.5 Å². The van der Waals surface area contributed by atoms with Gasteiger partial charge in [-0.3, -0.25) is 9.59 Å². The monoisotopic (exact) mass is 410 g/mol. The average Bonchev–Trinajstić information content (AvgIpc) is 2.78. The van der Waals surface area contributed by atoms with Gasteiger partial charge in [0.25, 0.3) is 5.91 Å². The number of nitrogens with one attached hydrogen (secondary N) is 1. The Balaban J connectivity index is 1.44. The molecule has 0 unspecified atom stereocenters. The number of piperidine rings is 1. The van der Waals surface area contributed by atoms with Crippen molar-refractivity contribution in [3.8, 4) is 11.5 Å². The maximum absolute atomic E-state index is 12.6. The molecule has 0 aromatic heterocycles. The van der Waals surface area contributed by atoms with Crippen molar-refractivity contribution in [1.29, 1.82) is 0 Å². The highest BCUT2D eigenvalue weighted by atomic mass is 16.5. The van der Waals surface area contributed by atoms with Gasteiger partial charge >= 0.3 is 0 Å². The van der Waals surface area contributed by atoms with E-state index in [-0.39, 0.29) is 11.8 Å². The lowest BCUT2D eigenvalue weighted by molar-refractivity contribution is -0.122. The van der Waals surface area contributed by atoms with Gasteiger partial charge in [-0.25, -0.2) is 0 Å². The zero-order valence-electron chi connectivity index (χ0n) is 17.9. The number of rotatable bonds is 7. The predicted molar refractivity (Wildman–Crippen MR) is 116 cm³/mol. The van der Waals surface area contributed by atoms with E-state index in [0.717, 1.165) is 29.5 Å². The lowest BCUT2D eigenvalue weighted by atomic mass is 9.92. The Morgan fingerprint density at radius 2 is 1.67 bits per heavy atom. The van der Waals surface area contributed by atoms with Crippen molar-refractivity contribution in [2.75, 3.05) is 27.3 Å². The van der Waals surface area contributed by atoms with Crippen LogP contribution in [0, 0.1) is 12.8 Å². The van der Waals surface area contributed by atoms with Gasteiger partial charge in [-0.15, -0.1) is 0 Å². The molecule has 1 N–H and O–H groups in total. The van der Waals surface area contributed by atoms with Gasteiger partial charge < -0.3 is 19.7 Å². The number of ether oxygens (including phenoxy) is 2. The van der Waals surface area contributed by atoms with Crippen LogP contribution in [0.15, 0.2) is 42.5 Å². The van der Waals surface area contributed by atoms with Crippen LogP contribution in [0.1, 0.15) is 40.7 Å². The second-order valence-corrected chi connectivity index (χ2v) is 7.77. The fraction of sp³-hybridized carbons (Fsp3) is 0.417. The number of methoxy groups -OCH3 is 2. The van der Waals surface area contributed by atoms with Crippen LogP contribution in [0.5, 0.6) is 11.5 Å². The summed E-state index contributed by atoms with van der Waals surface area (Å²) >= 11 is 0. The second kappa shape index (κ2) is 10.1. The number of carbonyl (C=O) groups is 2. The normalized spacial score (nSPS) is 14.3. The highest BCUT2D eigenvalue weighted by Gasteiger charge is 2.25. The molecular formula is C24H30N2O4. The minimum absolute atomic E-state index is 0.0353. The van der Waals surface area contributed by atoms with Crippen LogP contribution in [0.4, 0.5) is 0 Å². The zero-order valence-corrected chi connectivity index (χ0v) is 17.9. The quantitative estimate of drug-likeness (QED) is 0.758. The fourth-order valence-electron chi connectivity index (χ4n) is 3.74. The number of benzene rings is 2. The number of nitrogens with zero attached hydrogens (tertiary/aromatic N) is 1. The van der Waals surface area contributed by atoms with E-state index in [2.05, 4.69) is 5.32 Å². The Labute approximate surface area is 178 Å². The van der Waals surface area contributed by atoms with Crippen molar-refractivity contribution in [2.24, 2.45) is 5.92 Å². The van der Waals surface area contributed by atoms with E-state index in [1.54, 1.807) is 14.2 Å². The molecule has 0 atom stereocenters. The Morgan fingerprint density at radius 1 is 1.00 bits per heavy atom. The highest BCUT2D eigenvalue weighted by Crippen LogP contribution is 2.27. The largest absolute Gasteiger partial charge is 0.493 e. The molecule has 30 heavy (non-hydrogen) atoms. The molecule has 2 aromatic carbocycles. The van der Waals surface area contributed by atoms with E-state index >= 15 is 0 Å². The van der Waals surface area contributed by atoms with Crippen LogP contribution in [0.2, 0.25) is 0 Å². The van der Waals surface area contributed by atoms with E-state index in [9.17, 15) is 9.59 Å². The third-order valence-electron chi connectivity index (χ3n) is 5.61. The van der Waals surface area contributed by atoms with Crippen molar-refractivity contribution in [1.82, 2.24) is 10.2 Å². The Bertz CT molecular complexity index is 871. The summed E-state index contributed by atoms with van der Waals surface area (Å²) in [6.45, 7) is 3.85. The van der Waals surface area contributed by atoms with E-state index in [0.29, 0.717) is 43.5 Å². The Morgan fingerprint density at radius 3 is 2.30 bits per heavy atom. The molecule has 1 aliphatic rings. The number of amides is 2. The molecule has 6 nitrogen and oxygen atoms in total. The van der Waals surface area contributed by atoms with Gasteiger partial charge in [-0.1, -0.05) is 23.8 Å². The third-order valence-corrected chi connectivity index (χ3v) is 5.61. The van der Waals surface area contributed by atoms with Crippen LogP contribution in [0.25, 0.3) is 0 Å². The molecule has 3 rings (SSSR count). The smallest absolute Gasteiger partial charge is 0.253 e. The van der Waals surface area contributed by atoms with Crippen LogP contribution >= 0.6 is 0 Å². The topological polar surface area (TPSA) is 67.9 Å². The van der Waals surface area contributed by atoms with Crippen molar-refractivity contribution in [3.05, 3.63) is 59.2 Å². The minimum atomic E-state index is 0.0353. The summed E-state index contributed by atoms with van der Waals surface area (Å²) in [6.07, 6.45) is 2.18. The fourth-order valence-corrected chi connectivity index (χ4v) is 3.74. The first-order valence-corrected chi connectivity index (χ1v) is 10.3. The van der Waals surface area contributed by atoms with E-state index < -0.39 is 0 Å². The van der Waals surface area contributed by atoms with E-state index in [1.807, 2.05) is 54.3 Å². The van der Waals surface area contributed by atoms with E-state index in [1.165, 1.54) is 0 Å². The standard InChI is InChI=1S/C24H30N2O4/c1-17-4-7-20(8-5-17)24(28)26-12-10-18(11-13-26)15-23(27)25-16-19-6-9-21(29-2)22(14-19)30-3/h4-9,14,18H,10-13,15-16H2,1-3H3,(H,25,27). The molecule has 0 aliphatic carbocycles. The Kier molecular flexibility index (Phi) is 7.33. The molecule has 2 aromatic rings. The molecule has 1 aliphatic heterocycles. The molecule has 0 spiro atoms. The van der Waals surface area contributed by atoms with Gasteiger partial charge in [-0.2, -0.15) is 0 Å². The summed E-state index contributed by atoms with van der Waals surface area (Å²) in [5.41, 5.74) is 2.83. The van der Waals surface area contributed by atoms with Gasteiger partial charge in [-0.05, 0) is 55.5 Å². The van der Waals surface area contributed by atoms with Gasteiger partial charge in [0, 0.05) is 31.6 Å². The summed E-state index contributed by atoms with van der Waals surface area (Å²) in [6, 6.07) is 13.3. The Hall–Kier alpha value is -3.02. The van der Waals surface area contributed by atoms with Crippen molar-refractivity contribution in [2.45, 2.75) is 32.7 Å². The van der Waals surface area contributed by atoms with Crippen molar-refractivity contribution >= 4 is 11.8 Å². The number of hydrogen-bond donors (Lipinski definition) is 1. The van der Waals surface area contributed by atoms with Crippen LogP contribution in [-0.2, 0) is 11.3 Å². The highest BCUT2D eigenvalue weighted by molar-refractivity contribution is 5.94. The number of likely N-dealkylation sites (tertiary alicyclic amines) is 1. The number of hydrogen-bond acceptors (Lipinski definition) is 4. The summed E-state index contributed by atoms with van der Waals surface area (Å²) in [4.78, 5) is 26.9. The molecule has 6 heteroatoms. The van der Waals surface area contributed by atoms with Crippen molar-refractivity contribution in [3.63, 3.8) is 0 Å². The predicted octanol–water partition coefficient (Wildman–Crippen LogP) is 3.57. The summed E-state index contributed by atoms with van der Waals surface area (Å²) in [5, 5.41) is 2.98. The van der Waals surface area contributed by atoms with Gasteiger partial charge in [0.05, 0.1) is 14.2 Å². The molecule has 1 saturated heterocycles. The molecule has 0 bridgehead atoms. The van der Waals surface area contributed by atoms with Crippen LogP contribution < -0.4 is 14.8 Å². The number of aryl methyl sites for hydroxylation is 1. The molecule has 160 valence electrons. The molecule has 2 amide bonds. The summed E-state index contributed by atoms with van der Waals surface area (Å²) < 4.78 is 10.5. The van der Waals surface area contributed by atoms with Gasteiger partial charge in [0.1, 0.15) is 0 Å². The lowest BCUT2D eigenvalue weighted by Gasteiger charge is -2.32. The first-order valence-electron chi connectivity index (χ1n) is 10.3. The maximum atomic E-state index is 12.6. The average molecular weight is 411 g/mol. The molecule has 0 radical (unpaired) electrons. The molecule has 1 heterocycles. The van der Waals surface area contributed by atoms with Crippen LogP contribution in [0.3, 0.4) is 0 Å². The summed E-state index contributed by atoms with van der Waals surface area (Å²) in [5.74, 6) is 1.73. The second-order valence-electron chi connectivity index (χ2n) is 7.77. The molecular weight excluding hydrogens is 380 g/mol. The van der Waals surface area contributed by atoms with Crippen molar-refractivity contribution < 1.29 is 19.1 Å². The zero-order chi connectivity index (χ0) is 21.5. The molecule has 1 fully saturated rings. The first-order chi connectivity index (χ1) is 14.5. The summed E-state index contributed by atoms with van der Waals surface area (Å²) in [7, 11) is 3.19. The first kappa shape index (κ1) is 21.7. The number of carbonyl (C=O) groups excluding carboxylic acids is 2. The lowest BCUT2D eigenvalue weighted by Crippen LogP contribution is -2.39. The van der Waals surface area contributed by atoms with Gasteiger partial charge in [0.2, 0.25) is 5.91 Å². The van der Waals surface area contributed by atoms with E-state index in [4.69, 9.17) is 9.47 Å². The maximum Gasteiger partial charge on any atom is 0.253 e. The third kappa shape index (κ3) is 5.53. The molecule has 0 saturated carbocycles. The minimum Gasteiger partial charge on any atom is -0.493 e.